The zero-order valence-electron chi connectivity index (χ0n) is 16.6. The first kappa shape index (κ1) is 21.1. The minimum Gasteiger partial charge on any atom is -0.338 e. The van der Waals surface area contributed by atoms with E-state index in [2.05, 4.69) is 31.2 Å². The molecule has 5 nitrogen and oxygen atoms in total. The highest BCUT2D eigenvalue weighted by Gasteiger charge is 2.26. The molecule has 0 spiro atoms. The number of likely N-dealkylation sites (tertiary alicyclic amines) is 1. The molecule has 1 aliphatic heterocycles. The number of carbonyl (C=O) groups excluding carboxylic acids is 1. The summed E-state index contributed by atoms with van der Waals surface area (Å²) < 4.78 is 1.80. The molecule has 2 N–H and O–H groups in total. The van der Waals surface area contributed by atoms with E-state index in [9.17, 15) is 4.79 Å². The largest absolute Gasteiger partial charge is 0.338 e. The van der Waals surface area contributed by atoms with Gasteiger partial charge in [0, 0.05) is 30.9 Å². The molecule has 1 aliphatic rings. The topological polar surface area (TPSA) is 64.2 Å². The molecule has 0 saturated carbocycles. The summed E-state index contributed by atoms with van der Waals surface area (Å²) in [4.78, 5) is 15.2. The average Bonchev–Trinajstić information content (AvgIpc) is 3.20. The molecule has 2 aromatic carbocycles. The van der Waals surface area contributed by atoms with Crippen molar-refractivity contribution in [3.05, 3.63) is 71.9 Å². The molecule has 1 fully saturated rings. The van der Waals surface area contributed by atoms with Gasteiger partial charge < -0.3 is 10.6 Å². The normalized spacial score (nSPS) is 14.5. The van der Waals surface area contributed by atoms with Gasteiger partial charge in [0.25, 0.3) is 5.91 Å². The third kappa shape index (κ3) is 4.52. The van der Waals surface area contributed by atoms with E-state index in [-0.39, 0.29) is 24.4 Å². The van der Waals surface area contributed by atoms with Crippen LogP contribution in [-0.4, -0.2) is 39.7 Å². The Morgan fingerprint density at radius 2 is 1.72 bits per heavy atom. The van der Waals surface area contributed by atoms with E-state index in [4.69, 9.17) is 10.8 Å². The van der Waals surface area contributed by atoms with E-state index in [0.717, 1.165) is 36.2 Å². The standard InChI is InChI=1S/C23H26N4O.ClH/c1-2-17-8-10-18(11-9-17)22-21(23(28)26-14-12-19(24)13-15-26)16-27(25-22)20-6-4-3-5-7-20;/h3-11,16,19H,2,12-15,24H2,1H3;1H. The Hall–Kier alpha value is -2.63. The van der Waals surface area contributed by atoms with Gasteiger partial charge in [0.15, 0.2) is 0 Å². The minimum absolute atomic E-state index is 0. The number of halogens is 1. The summed E-state index contributed by atoms with van der Waals surface area (Å²) in [6, 6.07) is 18.4. The van der Waals surface area contributed by atoms with Gasteiger partial charge in [-0.05, 0) is 37.0 Å². The number of benzene rings is 2. The summed E-state index contributed by atoms with van der Waals surface area (Å²) in [7, 11) is 0. The molecule has 0 unspecified atom stereocenters. The van der Waals surface area contributed by atoms with Crippen LogP contribution in [0.2, 0.25) is 0 Å². The first-order chi connectivity index (χ1) is 13.7. The van der Waals surface area contributed by atoms with E-state index in [1.54, 1.807) is 4.68 Å². The maximum absolute atomic E-state index is 13.3. The molecule has 0 atom stereocenters. The Morgan fingerprint density at radius 3 is 2.34 bits per heavy atom. The van der Waals surface area contributed by atoms with Crippen LogP contribution in [0.5, 0.6) is 0 Å². The summed E-state index contributed by atoms with van der Waals surface area (Å²) in [5.41, 5.74) is 10.5. The highest BCUT2D eigenvalue weighted by molar-refractivity contribution is 6.00. The zero-order valence-corrected chi connectivity index (χ0v) is 17.4. The number of aryl methyl sites for hydroxylation is 1. The van der Waals surface area contributed by atoms with Gasteiger partial charge in [-0.1, -0.05) is 49.4 Å². The molecule has 2 heterocycles. The average molecular weight is 411 g/mol. The second kappa shape index (κ2) is 9.25. The van der Waals surface area contributed by atoms with Crippen LogP contribution in [0.1, 0.15) is 35.7 Å². The van der Waals surface area contributed by atoms with Gasteiger partial charge in [-0.2, -0.15) is 5.10 Å². The predicted molar refractivity (Wildman–Crippen MR) is 119 cm³/mol. The first-order valence-electron chi connectivity index (χ1n) is 9.95. The van der Waals surface area contributed by atoms with Crippen molar-refractivity contribution in [1.82, 2.24) is 14.7 Å². The van der Waals surface area contributed by atoms with Crippen LogP contribution in [0.4, 0.5) is 0 Å². The molecule has 6 heteroatoms. The minimum atomic E-state index is 0. The van der Waals surface area contributed by atoms with Crippen molar-refractivity contribution in [1.29, 1.82) is 0 Å². The van der Waals surface area contributed by atoms with Crippen LogP contribution in [-0.2, 0) is 6.42 Å². The molecule has 0 aliphatic carbocycles. The SMILES string of the molecule is CCc1ccc(-c2nn(-c3ccccc3)cc2C(=O)N2CCC(N)CC2)cc1.Cl. The number of piperidine rings is 1. The lowest BCUT2D eigenvalue weighted by Gasteiger charge is -2.30. The summed E-state index contributed by atoms with van der Waals surface area (Å²) in [6.07, 6.45) is 4.53. The van der Waals surface area contributed by atoms with Crippen LogP contribution < -0.4 is 5.73 Å². The molecule has 152 valence electrons. The third-order valence-electron chi connectivity index (χ3n) is 5.43. The molecular formula is C23H27ClN4O. The van der Waals surface area contributed by atoms with Crippen molar-refractivity contribution < 1.29 is 4.79 Å². The van der Waals surface area contributed by atoms with Gasteiger partial charge in [0.2, 0.25) is 0 Å². The molecular weight excluding hydrogens is 384 g/mol. The molecule has 1 aromatic heterocycles. The summed E-state index contributed by atoms with van der Waals surface area (Å²) in [6.45, 7) is 3.53. The summed E-state index contributed by atoms with van der Waals surface area (Å²) in [5.74, 6) is 0.0312. The van der Waals surface area contributed by atoms with Crippen LogP contribution in [0.3, 0.4) is 0 Å². The Balaban J connectivity index is 0.00000240. The molecule has 1 amide bonds. The number of para-hydroxylation sites is 1. The number of hydrogen-bond acceptors (Lipinski definition) is 3. The van der Waals surface area contributed by atoms with Crippen LogP contribution in [0.25, 0.3) is 16.9 Å². The molecule has 3 aromatic rings. The Kier molecular flexibility index (Phi) is 6.72. The highest BCUT2D eigenvalue weighted by Crippen LogP contribution is 2.26. The lowest BCUT2D eigenvalue weighted by atomic mass is 10.0. The first-order valence-corrected chi connectivity index (χ1v) is 9.95. The van der Waals surface area contributed by atoms with Crippen molar-refractivity contribution in [2.24, 2.45) is 5.73 Å². The van der Waals surface area contributed by atoms with Crippen LogP contribution in [0.15, 0.2) is 60.8 Å². The maximum atomic E-state index is 13.3. The fourth-order valence-electron chi connectivity index (χ4n) is 3.63. The van der Waals surface area contributed by atoms with E-state index in [0.29, 0.717) is 18.7 Å². The number of amides is 1. The van der Waals surface area contributed by atoms with Crippen LogP contribution in [0, 0.1) is 0 Å². The lowest BCUT2D eigenvalue weighted by molar-refractivity contribution is 0.0715. The Labute approximate surface area is 177 Å². The van der Waals surface area contributed by atoms with Crippen molar-refractivity contribution in [2.45, 2.75) is 32.2 Å². The van der Waals surface area contributed by atoms with Gasteiger partial charge in [-0.15, -0.1) is 12.4 Å². The Bertz CT molecular complexity index is 945. The smallest absolute Gasteiger partial charge is 0.257 e. The van der Waals surface area contributed by atoms with Gasteiger partial charge in [0.1, 0.15) is 5.69 Å². The zero-order chi connectivity index (χ0) is 19.5. The molecule has 0 bridgehead atoms. The van der Waals surface area contributed by atoms with Crippen molar-refractivity contribution in [3.63, 3.8) is 0 Å². The lowest BCUT2D eigenvalue weighted by Crippen LogP contribution is -2.42. The van der Waals surface area contributed by atoms with Gasteiger partial charge in [0.05, 0.1) is 11.3 Å². The second-order valence-electron chi connectivity index (χ2n) is 7.35. The monoisotopic (exact) mass is 410 g/mol. The third-order valence-corrected chi connectivity index (χ3v) is 5.43. The molecule has 4 rings (SSSR count). The molecule has 0 radical (unpaired) electrons. The van der Waals surface area contributed by atoms with Gasteiger partial charge >= 0.3 is 0 Å². The van der Waals surface area contributed by atoms with Crippen molar-refractivity contribution in [3.8, 4) is 16.9 Å². The number of hydrogen-bond donors (Lipinski definition) is 1. The van der Waals surface area contributed by atoms with E-state index in [1.807, 2.05) is 41.4 Å². The van der Waals surface area contributed by atoms with E-state index in [1.165, 1.54) is 5.56 Å². The van der Waals surface area contributed by atoms with E-state index < -0.39 is 0 Å². The molecule has 1 saturated heterocycles. The van der Waals surface area contributed by atoms with Gasteiger partial charge in [-0.25, -0.2) is 4.68 Å². The number of aromatic nitrogens is 2. The summed E-state index contributed by atoms with van der Waals surface area (Å²) in [5, 5.41) is 4.78. The quantitative estimate of drug-likeness (QED) is 0.704. The number of nitrogens with zero attached hydrogens (tertiary/aromatic N) is 3. The second-order valence-corrected chi connectivity index (χ2v) is 7.35. The van der Waals surface area contributed by atoms with Crippen molar-refractivity contribution >= 4 is 18.3 Å². The fourth-order valence-corrected chi connectivity index (χ4v) is 3.63. The Morgan fingerprint density at radius 1 is 1.07 bits per heavy atom. The fraction of sp³-hybridized carbons (Fsp3) is 0.304. The highest BCUT2D eigenvalue weighted by atomic mass is 35.5. The predicted octanol–water partition coefficient (Wildman–Crippen LogP) is 4.09. The van der Waals surface area contributed by atoms with E-state index >= 15 is 0 Å². The number of rotatable bonds is 4. The number of nitrogens with two attached hydrogens (primary N) is 1. The van der Waals surface area contributed by atoms with Crippen molar-refractivity contribution in [2.75, 3.05) is 13.1 Å². The van der Waals surface area contributed by atoms with Crippen LogP contribution >= 0.6 is 12.4 Å². The molecule has 29 heavy (non-hydrogen) atoms. The summed E-state index contributed by atoms with van der Waals surface area (Å²) >= 11 is 0. The van der Waals surface area contributed by atoms with Gasteiger partial charge in [-0.3, -0.25) is 4.79 Å². The number of carbonyl (C=O) groups is 1. The maximum Gasteiger partial charge on any atom is 0.257 e.